The molecule has 15 heavy (non-hydrogen) atoms. The molecule has 0 aliphatic heterocycles. The van der Waals surface area contributed by atoms with Gasteiger partial charge in [0.05, 0.1) is 5.69 Å². The third kappa shape index (κ3) is 1.07. The van der Waals surface area contributed by atoms with Crippen LogP contribution in [0.5, 0.6) is 0 Å². The van der Waals surface area contributed by atoms with Crippen molar-refractivity contribution in [2.75, 3.05) is 0 Å². The first kappa shape index (κ1) is 9.70. The second kappa shape index (κ2) is 2.82. The summed E-state index contributed by atoms with van der Waals surface area (Å²) in [5.74, 6) is 0. The molecule has 0 aromatic carbocycles. The Morgan fingerprint density at radius 2 is 1.67 bits per heavy atom. The van der Waals surface area contributed by atoms with E-state index in [1.165, 1.54) is 11.6 Å². The molecule has 2 aromatic heterocycles. The molecule has 2 rings (SSSR count). The van der Waals surface area contributed by atoms with Gasteiger partial charge in [-0.3, -0.25) is 18.6 Å². The second-order valence-electron chi connectivity index (χ2n) is 3.61. The number of aromatic nitrogens is 4. The van der Waals surface area contributed by atoms with Crippen LogP contribution < -0.4 is 11.2 Å². The van der Waals surface area contributed by atoms with Gasteiger partial charge in [-0.2, -0.15) is 5.10 Å². The van der Waals surface area contributed by atoms with E-state index in [-0.39, 0.29) is 11.2 Å². The largest absolute Gasteiger partial charge is 0.332 e. The molecule has 0 saturated carbocycles. The maximum atomic E-state index is 11.8. The maximum absolute atomic E-state index is 11.8. The van der Waals surface area contributed by atoms with Crippen LogP contribution in [0.1, 0.15) is 5.69 Å². The van der Waals surface area contributed by atoms with Crippen LogP contribution in [-0.4, -0.2) is 18.9 Å². The first-order valence-corrected chi connectivity index (χ1v) is 4.54. The van der Waals surface area contributed by atoms with E-state index in [1.54, 1.807) is 25.7 Å². The highest BCUT2D eigenvalue weighted by molar-refractivity contribution is 5.77. The molecule has 0 atom stereocenters. The van der Waals surface area contributed by atoms with Crippen molar-refractivity contribution in [3.8, 4) is 0 Å². The number of hydrogen-bond donors (Lipinski definition) is 0. The highest BCUT2D eigenvalue weighted by Gasteiger charge is 2.14. The van der Waals surface area contributed by atoms with Crippen LogP contribution in [0.3, 0.4) is 0 Å². The van der Waals surface area contributed by atoms with Gasteiger partial charge in [0.25, 0.3) is 5.56 Å². The lowest BCUT2D eigenvalue weighted by atomic mass is 10.3. The van der Waals surface area contributed by atoms with Gasteiger partial charge in [0.2, 0.25) is 0 Å². The Morgan fingerprint density at radius 1 is 1.07 bits per heavy atom. The summed E-state index contributed by atoms with van der Waals surface area (Å²) in [6.45, 7) is 1.76. The molecule has 0 fully saturated rings. The third-order valence-corrected chi connectivity index (χ3v) is 2.60. The predicted molar refractivity (Wildman–Crippen MR) is 55.9 cm³/mol. The van der Waals surface area contributed by atoms with Crippen molar-refractivity contribution in [2.24, 2.45) is 21.1 Å². The topological polar surface area (TPSA) is 61.8 Å². The summed E-state index contributed by atoms with van der Waals surface area (Å²) >= 11 is 0. The zero-order chi connectivity index (χ0) is 11.3. The standard InChI is InChI=1S/C9H12N4O2/c1-5-6-7(13(4)10-5)11(2)9(15)12(3)8(6)14/h1-4H3. The summed E-state index contributed by atoms with van der Waals surface area (Å²) in [5, 5.41) is 4.64. The lowest BCUT2D eigenvalue weighted by Crippen LogP contribution is -2.37. The quantitative estimate of drug-likeness (QED) is 0.574. The van der Waals surface area contributed by atoms with E-state index in [0.29, 0.717) is 16.7 Å². The molecule has 0 saturated heterocycles. The number of nitrogens with zero attached hydrogens (tertiary/aromatic N) is 4. The lowest BCUT2D eigenvalue weighted by Gasteiger charge is -2.04. The average molecular weight is 208 g/mol. The first-order valence-electron chi connectivity index (χ1n) is 4.54. The predicted octanol–water partition coefficient (Wildman–Crippen LogP) is -0.721. The highest BCUT2D eigenvalue weighted by atomic mass is 16.2. The van der Waals surface area contributed by atoms with Crippen LogP contribution in [-0.2, 0) is 21.1 Å². The fourth-order valence-electron chi connectivity index (χ4n) is 1.85. The van der Waals surface area contributed by atoms with Crippen molar-refractivity contribution in [1.29, 1.82) is 0 Å². The normalized spacial score (nSPS) is 11.2. The first-order chi connectivity index (χ1) is 6.95. The number of fused-ring (bicyclic) bond motifs is 1. The second-order valence-corrected chi connectivity index (χ2v) is 3.61. The minimum absolute atomic E-state index is 0.293. The van der Waals surface area contributed by atoms with E-state index in [0.717, 1.165) is 4.57 Å². The van der Waals surface area contributed by atoms with Crippen LogP contribution in [0.2, 0.25) is 0 Å². The Morgan fingerprint density at radius 3 is 2.27 bits per heavy atom. The van der Waals surface area contributed by atoms with E-state index in [2.05, 4.69) is 5.10 Å². The molecule has 0 radical (unpaired) electrons. The number of hydrogen-bond acceptors (Lipinski definition) is 3. The van der Waals surface area contributed by atoms with Gasteiger partial charge in [0.1, 0.15) is 11.0 Å². The van der Waals surface area contributed by atoms with Gasteiger partial charge < -0.3 is 0 Å². The average Bonchev–Trinajstić information content (AvgIpc) is 2.47. The molecular weight excluding hydrogens is 196 g/mol. The summed E-state index contributed by atoms with van der Waals surface area (Å²) in [7, 11) is 4.82. The van der Waals surface area contributed by atoms with Crippen LogP contribution in [0.15, 0.2) is 9.59 Å². The van der Waals surface area contributed by atoms with Crippen molar-refractivity contribution >= 4 is 11.0 Å². The SMILES string of the molecule is Cc1nn(C)c2c1c(=O)n(C)c(=O)n2C. The van der Waals surface area contributed by atoms with Gasteiger partial charge in [0.15, 0.2) is 0 Å². The Kier molecular flexibility index (Phi) is 1.82. The van der Waals surface area contributed by atoms with Gasteiger partial charge in [0, 0.05) is 21.1 Å². The fraction of sp³-hybridized carbons (Fsp3) is 0.444. The molecule has 0 unspecified atom stereocenters. The summed E-state index contributed by atoms with van der Waals surface area (Å²) < 4.78 is 4.07. The zero-order valence-electron chi connectivity index (χ0n) is 9.11. The zero-order valence-corrected chi connectivity index (χ0v) is 9.11. The van der Waals surface area contributed by atoms with Crippen LogP contribution in [0.25, 0.3) is 11.0 Å². The summed E-state index contributed by atoms with van der Waals surface area (Å²) in [6.07, 6.45) is 0. The summed E-state index contributed by atoms with van der Waals surface area (Å²) in [4.78, 5) is 23.5. The Bertz CT molecular complexity index is 659. The van der Waals surface area contributed by atoms with Crippen LogP contribution >= 0.6 is 0 Å². The third-order valence-electron chi connectivity index (χ3n) is 2.60. The molecule has 0 aliphatic carbocycles. The molecular formula is C9H12N4O2. The minimum Gasteiger partial charge on any atom is -0.281 e. The van der Waals surface area contributed by atoms with Gasteiger partial charge in [-0.1, -0.05) is 0 Å². The number of aryl methyl sites for hydroxylation is 3. The van der Waals surface area contributed by atoms with Crippen molar-refractivity contribution < 1.29 is 0 Å². The molecule has 0 spiro atoms. The Balaban J connectivity index is 3.26. The van der Waals surface area contributed by atoms with Crippen LogP contribution in [0, 0.1) is 6.92 Å². The number of rotatable bonds is 0. The molecule has 6 nitrogen and oxygen atoms in total. The molecule has 2 aromatic rings. The van der Waals surface area contributed by atoms with Crippen molar-refractivity contribution in [2.45, 2.75) is 6.92 Å². The van der Waals surface area contributed by atoms with E-state index >= 15 is 0 Å². The molecule has 2 heterocycles. The highest BCUT2D eigenvalue weighted by Crippen LogP contribution is 2.09. The lowest BCUT2D eigenvalue weighted by molar-refractivity contribution is 0.681. The minimum atomic E-state index is -0.337. The Labute approximate surface area is 85.4 Å². The smallest absolute Gasteiger partial charge is 0.281 e. The van der Waals surface area contributed by atoms with Gasteiger partial charge in [-0.05, 0) is 6.92 Å². The van der Waals surface area contributed by atoms with Gasteiger partial charge in [-0.25, -0.2) is 4.79 Å². The van der Waals surface area contributed by atoms with Crippen molar-refractivity contribution in [3.63, 3.8) is 0 Å². The fourth-order valence-corrected chi connectivity index (χ4v) is 1.85. The molecule has 0 amide bonds. The van der Waals surface area contributed by atoms with E-state index in [1.807, 2.05) is 0 Å². The van der Waals surface area contributed by atoms with Crippen LogP contribution in [0.4, 0.5) is 0 Å². The van der Waals surface area contributed by atoms with Gasteiger partial charge in [-0.15, -0.1) is 0 Å². The Hall–Kier alpha value is -1.85. The summed E-state index contributed by atoms with van der Waals surface area (Å²) in [6, 6.07) is 0. The molecule has 6 heteroatoms. The summed E-state index contributed by atoms with van der Waals surface area (Å²) in [5.41, 5.74) is 0.568. The van der Waals surface area contributed by atoms with Crippen molar-refractivity contribution in [3.05, 3.63) is 26.5 Å². The van der Waals surface area contributed by atoms with E-state index in [4.69, 9.17) is 0 Å². The molecule has 0 aliphatic rings. The van der Waals surface area contributed by atoms with E-state index in [9.17, 15) is 9.59 Å². The van der Waals surface area contributed by atoms with Crippen molar-refractivity contribution in [1.82, 2.24) is 18.9 Å². The molecule has 80 valence electrons. The monoisotopic (exact) mass is 208 g/mol. The van der Waals surface area contributed by atoms with E-state index < -0.39 is 0 Å². The molecule has 0 N–H and O–H groups in total. The van der Waals surface area contributed by atoms with Gasteiger partial charge >= 0.3 is 5.69 Å². The maximum Gasteiger partial charge on any atom is 0.332 e. The molecule has 0 bridgehead atoms.